The lowest BCUT2D eigenvalue weighted by atomic mass is 9.66. The van der Waals surface area contributed by atoms with Crippen LogP contribution in [-0.4, -0.2) is 43.5 Å². The molecule has 3 aromatic rings. The number of hydrogen-bond acceptors (Lipinski definition) is 5. The highest BCUT2D eigenvalue weighted by Gasteiger charge is 2.37. The predicted molar refractivity (Wildman–Crippen MR) is 101 cm³/mol. The summed E-state index contributed by atoms with van der Waals surface area (Å²) in [5.41, 5.74) is 2.13. The topological polar surface area (TPSA) is 67.1 Å². The van der Waals surface area contributed by atoms with Crippen molar-refractivity contribution < 1.29 is 5.11 Å². The minimum absolute atomic E-state index is 0.295. The maximum Gasteiger partial charge on any atom is 0.159 e. The average molecular weight is 349 g/mol. The van der Waals surface area contributed by atoms with E-state index in [0.29, 0.717) is 18.5 Å². The number of aromatic nitrogens is 4. The van der Waals surface area contributed by atoms with Crippen LogP contribution in [0.3, 0.4) is 0 Å². The Labute approximate surface area is 152 Å². The van der Waals surface area contributed by atoms with Crippen molar-refractivity contribution in [1.29, 1.82) is 0 Å². The van der Waals surface area contributed by atoms with Gasteiger partial charge in [-0.15, -0.1) is 0 Å². The van der Waals surface area contributed by atoms with E-state index in [1.54, 1.807) is 6.33 Å². The largest absolute Gasteiger partial charge is 0.386 e. The van der Waals surface area contributed by atoms with Crippen molar-refractivity contribution in [3.8, 4) is 5.82 Å². The third-order valence-corrected chi connectivity index (χ3v) is 5.97. The van der Waals surface area contributed by atoms with Gasteiger partial charge < -0.3 is 10.0 Å². The first kappa shape index (κ1) is 15.8. The second-order valence-corrected chi connectivity index (χ2v) is 8.33. The number of nitrogens with zero attached hydrogens (tertiary/aromatic N) is 5. The summed E-state index contributed by atoms with van der Waals surface area (Å²) in [7, 11) is 0. The fourth-order valence-corrected chi connectivity index (χ4v) is 4.14. The molecule has 1 aliphatic carbocycles. The SMILES string of the molecule is CC1(O)CN(c2cc(-n3ncc4ccc(C5(C)CCC5)cc43)ncn2)C1. The quantitative estimate of drug-likeness (QED) is 0.787. The van der Waals surface area contributed by atoms with Crippen LogP contribution in [0.2, 0.25) is 0 Å². The van der Waals surface area contributed by atoms with E-state index < -0.39 is 5.60 Å². The van der Waals surface area contributed by atoms with Crippen LogP contribution in [-0.2, 0) is 5.41 Å². The van der Waals surface area contributed by atoms with Crippen molar-refractivity contribution >= 4 is 16.7 Å². The summed E-state index contributed by atoms with van der Waals surface area (Å²) in [4.78, 5) is 10.8. The molecule has 2 aromatic heterocycles. The zero-order valence-electron chi connectivity index (χ0n) is 15.2. The Kier molecular flexibility index (Phi) is 3.19. The molecule has 0 unspecified atom stereocenters. The van der Waals surface area contributed by atoms with Crippen LogP contribution >= 0.6 is 0 Å². The number of β-amino-alcohol motifs (C(OH)–C–C–N with tert-alkyl or cyclic N) is 1. The van der Waals surface area contributed by atoms with Gasteiger partial charge in [-0.3, -0.25) is 0 Å². The number of benzene rings is 1. The molecule has 1 aliphatic heterocycles. The van der Waals surface area contributed by atoms with Crippen molar-refractivity contribution in [2.75, 3.05) is 18.0 Å². The van der Waals surface area contributed by atoms with Crippen molar-refractivity contribution in [2.45, 2.75) is 44.1 Å². The third-order valence-electron chi connectivity index (χ3n) is 5.97. The normalized spacial score (nSPS) is 20.7. The molecular formula is C20H23N5O. The molecule has 0 amide bonds. The van der Waals surface area contributed by atoms with Crippen molar-refractivity contribution in [1.82, 2.24) is 19.7 Å². The number of anilines is 1. The lowest BCUT2D eigenvalue weighted by molar-refractivity contribution is 0.0305. The Hall–Kier alpha value is -2.47. The molecule has 1 saturated carbocycles. The lowest BCUT2D eigenvalue weighted by Gasteiger charge is -2.44. The Morgan fingerprint density at radius 3 is 2.50 bits per heavy atom. The molecule has 6 nitrogen and oxygen atoms in total. The highest BCUT2D eigenvalue weighted by molar-refractivity contribution is 5.81. The van der Waals surface area contributed by atoms with Gasteiger partial charge in [0.15, 0.2) is 5.82 Å². The fraction of sp³-hybridized carbons (Fsp3) is 0.450. The van der Waals surface area contributed by atoms with E-state index in [2.05, 4.69) is 45.1 Å². The van der Waals surface area contributed by atoms with Crippen LogP contribution in [0.1, 0.15) is 38.7 Å². The zero-order valence-corrected chi connectivity index (χ0v) is 15.2. The van der Waals surface area contributed by atoms with Crippen LogP contribution in [0, 0.1) is 0 Å². The molecule has 134 valence electrons. The summed E-state index contributed by atoms with van der Waals surface area (Å²) >= 11 is 0. The average Bonchev–Trinajstić information content (AvgIpc) is 3.00. The van der Waals surface area contributed by atoms with Gasteiger partial charge in [0, 0.05) is 24.5 Å². The van der Waals surface area contributed by atoms with Crippen LogP contribution in [0.4, 0.5) is 5.82 Å². The van der Waals surface area contributed by atoms with Gasteiger partial charge in [0.25, 0.3) is 0 Å². The third kappa shape index (κ3) is 2.40. The molecule has 0 atom stereocenters. The van der Waals surface area contributed by atoms with Crippen LogP contribution in [0.5, 0.6) is 0 Å². The number of hydrogen-bond donors (Lipinski definition) is 1. The molecule has 2 aliphatic rings. The lowest BCUT2D eigenvalue weighted by Crippen LogP contribution is -2.60. The molecule has 0 radical (unpaired) electrons. The Balaban J connectivity index is 1.54. The molecule has 1 aromatic carbocycles. The first-order valence-corrected chi connectivity index (χ1v) is 9.22. The molecule has 0 spiro atoms. The van der Waals surface area contributed by atoms with Gasteiger partial charge >= 0.3 is 0 Å². The maximum atomic E-state index is 9.97. The van der Waals surface area contributed by atoms with Gasteiger partial charge in [-0.2, -0.15) is 5.10 Å². The van der Waals surface area contributed by atoms with Gasteiger partial charge in [-0.05, 0) is 36.8 Å². The van der Waals surface area contributed by atoms with Crippen LogP contribution < -0.4 is 4.90 Å². The minimum atomic E-state index is -0.628. The molecule has 26 heavy (non-hydrogen) atoms. The Bertz CT molecular complexity index is 981. The monoisotopic (exact) mass is 349 g/mol. The Morgan fingerprint density at radius 2 is 1.81 bits per heavy atom. The summed E-state index contributed by atoms with van der Waals surface area (Å²) in [5.74, 6) is 1.58. The zero-order chi connectivity index (χ0) is 17.9. The van der Waals surface area contributed by atoms with Gasteiger partial charge in [-0.25, -0.2) is 14.6 Å². The first-order chi connectivity index (χ1) is 12.4. The summed E-state index contributed by atoms with van der Waals surface area (Å²) < 4.78 is 1.89. The van der Waals surface area contributed by atoms with E-state index in [0.717, 1.165) is 22.5 Å². The van der Waals surface area contributed by atoms with Gasteiger partial charge in [0.2, 0.25) is 0 Å². The summed E-state index contributed by atoms with van der Waals surface area (Å²) in [5, 5.41) is 15.7. The van der Waals surface area contributed by atoms with E-state index >= 15 is 0 Å². The number of fused-ring (bicyclic) bond motifs is 1. The van der Waals surface area contributed by atoms with E-state index in [1.807, 2.05) is 23.9 Å². The van der Waals surface area contributed by atoms with Gasteiger partial charge in [0.05, 0.1) is 17.3 Å². The molecule has 5 rings (SSSR count). The molecule has 2 fully saturated rings. The summed E-state index contributed by atoms with van der Waals surface area (Å²) in [6.45, 7) is 5.36. The molecular weight excluding hydrogens is 326 g/mol. The van der Waals surface area contributed by atoms with Crippen molar-refractivity contribution in [2.24, 2.45) is 0 Å². The van der Waals surface area contributed by atoms with E-state index in [4.69, 9.17) is 0 Å². The van der Waals surface area contributed by atoms with E-state index in [9.17, 15) is 5.11 Å². The molecule has 1 saturated heterocycles. The van der Waals surface area contributed by atoms with E-state index in [-0.39, 0.29) is 0 Å². The van der Waals surface area contributed by atoms with Crippen LogP contribution in [0.25, 0.3) is 16.7 Å². The van der Waals surface area contributed by atoms with Crippen molar-refractivity contribution in [3.63, 3.8) is 0 Å². The summed E-state index contributed by atoms with van der Waals surface area (Å²) in [6.07, 6.45) is 7.27. The highest BCUT2D eigenvalue weighted by Crippen LogP contribution is 2.43. The molecule has 0 bridgehead atoms. The van der Waals surface area contributed by atoms with Crippen molar-refractivity contribution in [3.05, 3.63) is 42.4 Å². The predicted octanol–water partition coefficient (Wildman–Crippen LogP) is 2.83. The smallest absolute Gasteiger partial charge is 0.159 e. The van der Waals surface area contributed by atoms with Gasteiger partial charge in [0.1, 0.15) is 12.1 Å². The second-order valence-electron chi connectivity index (χ2n) is 8.33. The molecule has 6 heteroatoms. The fourth-order valence-electron chi connectivity index (χ4n) is 4.14. The summed E-state index contributed by atoms with van der Waals surface area (Å²) in [6, 6.07) is 8.60. The molecule has 1 N–H and O–H groups in total. The number of rotatable bonds is 3. The minimum Gasteiger partial charge on any atom is -0.386 e. The highest BCUT2D eigenvalue weighted by atomic mass is 16.3. The number of aliphatic hydroxyl groups is 1. The first-order valence-electron chi connectivity index (χ1n) is 9.22. The molecule has 3 heterocycles. The van der Waals surface area contributed by atoms with E-state index in [1.165, 1.54) is 24.8 Å². The van der Waals surface area contributed by atoms with Crippen LogP contribution in [0.15, 0.2) is 36.8 Å². The Morgan fingerprint density at radius 1 is 1.04 bits per heavy atom. The standard InChI is InChI=1S/C20H23N5O/c1-19(6-3-7-19)15-5-4-14-10-23-25(16(14)8-15)18-9-17(21-13-22-18)24-11-20(2,26)12-24/h4-5,8-10,13,26H,3,6-7,11-12H2,1-2H3. The second kappa shape index (κ2) is 5.27. The maximum absolute atomic E-state index is 9.97. The van der Waals surface area contributed by atoms with Gasteiger partial charge in [-0.1, -0.05) is 25.5 Å².